The zero-order chi connectivity index (χ0) is 24.7. The van der Waals surface area contributed by atoms with Crippen LogP contribution in [0.3, 0.4) is 0 Å². The normalized spacial score (nSPS) is 17.4. The summed E-state index contributed by atoms with van der Waals surface area (Å²) in [6, 6.07) is 18.5. The largest absolute Gasteiger partial charge is 0.463 e. The average Bonchev–Trinajstić information content (AvgIpc) is 3.49. The number of fused-ring (bicyclic) bond motifs is 1. The van der Waals surface area contributed by atoms with Crippen molar-refractivity contribution in [3.05, 3.63) is 94.3 Å². The molecule has 4 aromatic rings. The molecule has 35 heavy (non-hydrogen) atoms. The maximum atomic E-state index is 13.9. The van der Waals surface area contributed by atoms with Gasteiger partial charge in [0.2, 0.25) is 5.91 Å². The molecule has 5 rings (SSSR count). The number of halogens is 1. The highest BCUT2D eigenvalue weighted by Gasteiger charge is 2.49. The highest BCUT2D eigenvalue weighted by Crippen LogP contribution is 2.36. The van der Waals surface area contributed by atoms with Gasteiger partial charge in [0.05, 0.1) is 12.8 Å². The number of amides is 2. The molecule has 178 valence electrons. The molecule has 0 saturated heterocycles. The lowest BCUT2D eigenvalue weighted by molar-refractivity contribution is -0.126. The number of hydrogen-bond donors (Lipinski definition) is 1. The molecule has 0 saturated carbocycles. The van der Waals surface area contributed by atoms with E-state index in [0.717, 1.165) is 16.7 Å². The number of nitrogens with zero attached hydrogens (tertiary/aromatic N) is 3. The molecule has 1 aliphatic rings. The number of rotatable bonds is 5. The van der Waals surface area contributed by atoms with Gasteiger partial charge in [0.1, 0.15) is 16.9 Å². The van der Waals surface area contributed by atoms with E-state index in [1.165, 1.54) is 0 Å². The second-order valence-electron chi connectivity index (χ2n) is 9.07. The van der Waals surface area contributed by atoms with Crippen molar-refractivity contribution in [2.75, 3.05) is 4.90 Å². The molecule has 0 fully saturated rings. The van der Waals surface area contributed by atoms with E-state index < -0.39 is 5.54 Å². The molecular weight excluding hydrogens is 464 g/mol. The molecule has 1 atom stereocenters. The number of nitrogens with one attached hydrogen (secondary N) is 1. The minimum Gasteiger partial charge on any atom is -0.463 e. The quantitative estimate of drug-likeness (QED) is 0.421. The van der Waals surface area contributed by atoms with Crippen LogP contribution >= 0.6 is 11.6 Å². The number of aryl methyl sites for hydroxylation is 2. The fourth-order valence-corrected chi connectivity index (χ4v) is 4.80. The lowest BCUT2D eigenvalue weighted by Crippen LogP contribution is -2.64. The first kappa shape index (κ1) is 22.9. The number of hydrogen-bond acceptors (Lipinski definition) is 4. The molecule has 0 radical (unpaired) electrons. The van der Waals surface area contributed by atoms with Crippen molar-refractivity contribution in [2.45, 2.75) is 39.4 Å². The summed E-state index contributed by atoms with van der Waals surface area (Å²) in [6.07, 6.45) is 1.56. The molecular formula is C27H25ClN4O3. The van der Waals surface area contributed by atoms with E-state index >= 15 is 0 Å². The smallest absolute Gasteiger partial charge is 0.277 e. The number of anilines is 1. The van der Waals surface area contributed by atoms with E-state index in [1.807, 2.05) is 38.1 Å². The van der Waals surface area contributed by atoms with Crippen molar-refractivity contribution in [1.82, 2.24) is 15.1 Å². The third-order valence-electron chi connectivity index (χ3n) is 6.35. The molecule has 0 spiro atoms. The fraction of sp³-hybridized carbons (Fsp3) is 0.222. The molecule has 2 amide bonds. The van der Waals surface area contributed by atoms with Crippen LogP contribution in [0.15, 0.2) is 71.3 Å². The molecule has 0 aliphatic carbocycles. The van der Waals surface area contributed by atoms with Gasteiger partial charge in [-0.05, 0) is 62.2 Å². The molecule has 2 aromatic heterocycles. The van der Waals surface area contributed by atoms with Crippen molar-refractivity contribution in [3.8, 4) is 11.5 Å². The summed E-state index contributed by atoms with van der Waals surface area (Å²) >= 11 is 6.19. The predicted octanol–water partition coefficient (Wildman–Crippen LogP) is 5.15. The number of carbonyl (C=O) groups excluding carboxylic acids is 2. The van der Waals surface area contributed by atoms with E-state index in [2.05, 4.69) is 10.4 Å². The van der Waals surface area contributed by atoms with Crippen molar-refractivity contribution < 1.29 is 14.0 Å². The monoisotopic (exact) mass is 488 g/mol. The summed E-state index contributed by atoms with van der Waals surface area (Å²) < 4.78 is 7.07. The zero-order valence-electron chi connectivity index (χ0n) is 19.7. The van der Waals surface area contributed by atoms with Crippen molar-refractivity contribution in [1.29, 1.82) is 0 Å². The first-order chi connectivity index (χ1) is 16.8. The van der Waals surface area contributed by atoms with Crippen LogP contribution in [0.4, 0.5) is 5.69 Å². The van der Waals surface area contributed by atoms with Crippen LogP contribution in [0.5, 0.6) is 0 Å². The van der Waals surface area contributed by atoms with Crippen molar-refractivity contribution >= 4 is 29.1 Å². The third kappa shape index (κ3) is 4.12. The Morgan fingerprint density at radius 2 is 1.97 bits per heavy atom. The Bertz CT molecular complexity index is 1430. The Morgan fingerprint density at radius 1 is 1.14 bits per heavy atom. The van der Waals surface area contributed by atoms with Gasteiger partial charge in [-0.2, -0.15) is 5.10 Å². The van der Waals surface area contributed by atoms with Crippen LogP contribution < -0.4 is 10.2 Å². The Labute approximate surface area is 208 Å². The standard InChI is InChI=1S/C27H25ClN4O3/c1-17-6-4-7-19(12-17)15-29-26(34)27(3)16-31-23(14-21(30-31)24-8-5-11-35-24)25(33)32(27)22-10-9-20(28)13-18(22)2/h4-14H,15-16H2,1-3H3,(H,29,34)/t27-/m1/s1. The van der Waals surface area contributed by atoms with Crippen LogP contribution in [0.2, 0.25) is 5.02 Å². The number of benzene rings is 2. The summed E-state index contributed by atoms with van der Waals surface area (Å²) in [5.41, 5.74) is 3.20. The lowest BCUT2D eigenvalue weighted by atomic mass is 9.93. The summed E-state index contributed by atoms with van der Waals surface area (Å²) in [4.78, 5) is 29.2. The van der Waals surface area contributed by atoms with E-state index in [-0.39, 0.29) is 18.4 Å². The molecule has 7 nitrogen and oxygen atoms in total. The van der Waals surface area contributed by atoms with Gasteiger partial charge in [0.15, 0.2) is 5.76 Å². The molecule has 0 bridgehead atoms. The summed E-state index contributed by atoms with van der Waals surface area (Å²) in [7, 11) is 0. The van der Waals surface area contributed by atoms with Gasteiger partial charge >= 0.3 is 0 Å². The maximum absolute atomic E-state index is 13.9. The summed E-state index contributed by atoms with van der Waals surface area (Å²) in [5, 5.41) is 8.19. The molecule has 3 heterocycles. The van der Waals surface area contributed by atoms with E-state index in [9.17, 15) is 9.59 Å². The van der Waals surface area contributed by atoms with Gasteiger partial charge in [-0.1, -0.05) is 41.4 Å². The Balaban J connectivity index is 1.56. The zero-order valence-corrected chi connectivity index (χ0v) is 20.5. The average molecular weight is 489 g/mol. The van der Waals surface area contributed by atoms with Gasteiger partial charge in [0.25, 0.3) is 5.91 Å². The molecule has 8 heteroatoms. The van der Waals surface area contributed by atoms with Crippen LogP contribution in [-0.2, 0) is 17.9 Å². The molecule has 2 aromatic carbocycles. The molecule has 1 N–H and O–H groups in total. The van der Waals surface area contributed by atoms with Gasteiger partial charge < -0.3 is 9.73 Å². The molecule has 0 unspecified atom stereocenters. The number of carbonyl (C=O) groups is 2. The summed E-state index contributed by atoms with van der Waals surface area (Å²) in [5.74, 6) is -0.0397. The fourth-order valence-electron chi connectivity index (χ4n) is 4.57. The lowest BCUT2D eigenvalue weighted by Gasteiger charge is -2.43. The van der Waals surface area contributed by atoms with Crippen molar-refractivity contribution in [3.63, 3.8) is 0 Å². The highest BCUT2D eigenvalue weighted by molar-refractivity contribution is 6.30. The Kier molecular flexibility index (Phi) is 5.73. The van der Waals surface area contributed by atoms with Gasteiger partial charge in [-0.3, -0.25) is 19.2 Å². The second kappa shape index (κ2) is 8.74. The van der Waals surface area contributed by atoms with Gasteiger partial charge in [-0.15, -0.1) is 0 Å². The highest BCUT2D eigenvalue weighted by atomic mass is 35.5. The van der Waals surface area contributed by atoms with Crippen LogP contribution in [0.1, 0.15) is 34.1 Å². The predicted molar refractivity (Wildman–Crippen MR) is 134 cm³/mol. The van der Waals surface area contributed by atoms with Crippen molar-refractivity contribution in [2.24, 2.45) is 0 Å². The minimum absolute atomic E-state index is 0.177. The van der Waals surface area contributed by atoms with Gasteiger partial charge in [-0.25, -0.2) is 0 Å². The summed E-state index contributed by atoms with van der Waals surface area (Å²) in [6.45, 7) is 6.17. The van der Waals surface area contributed by atoms with Crippen LogP contribution in [0.25, 0.3) is 11.5 Å². The van der Waals surface area contributed by atoms with Gasteiger partial charge in [0, 0.05) is 23.3 Å². The first-order valence-electron chi connectivity index (χ1n) is 11.3. The Morgan fingerprint density at radius 3 is 2.69 bits per heavy atom. The van der Waals surface area contributed by atoms with E-state index in [1.54, 1.807) is 59.2 Å². The Hall–Kier alpha value is -3.84. The maximum Gasteiger partial charge on any atom is 0.277 e. The minimum atomic E-state index is -1.24. The van der Waals surface area contributed by atoms with E-state index in [0.29, 0.717) is 34.4 Å². The number of furan rings is 1. The van der Waals surface area contributed by atoms with Crippen LogP contribution in [0, 0.1) is 13.8 Å². The topological polar surface area (TPSA) is 80.4 Å². The third-order valence-corrected chi connectivity index (χ3v) is 6.59. The first-order valence-corrected chi connectivity index (χ1v) is 11.7. The van der Waals surface area contributed by atoms with E-state index in [4.69, 9.17) is 16.0 Å². The molecule has 1 aliphatic heterocycles. The SMILES string of the molecule is Cc1cccc(CNC(=O)[C@@]2(C)Cn3nc(-c4ccco4)cc3C(=O)N2c2ccc(Cl)cc2C)c1. The number of aromatic nitrogens is 2. The second-order valence-corrected chi connectivity index (χ2v) is 9.50. The van der Waals surface area contributed by atoms with Crippen LogP contribution in [-0.4, -0.2) is 27.1 Å².